The van der Waals surface area contributed by atoms with Crippen molar-refractivity contribution in [1.29, 1.82) is 0 Å². The van der Waals surface area contributed by atoms with Crippen molar-refractivity contribution >= 4 is 33.8 Å². The van der Waals surface area contributed by atoms with Crippen LogP contribution < -0.4 is 5.32 Å². The number of hydrogen-bond donors (Lipinski definition) is 1. The standard InChI is InChI=1S/C14H19N3O3S2/c18-14(5-4-13-3-1-2-6-15-13)16-7-12-22(19,20)17-8-10-21-11-9-17/h1-6H,7-12H2,(H,16,18). The molecule has 1 aliphatic heterocycles. The molecule has 0 aromatic carbocycles. The molecule has 1 saturated heterocycles. The third kappa shape index (κ3) is 5.43. The molecule has 120 valence electrons. The van der Waals surface area contributed by atoms with E-state index >= 15 is 0 Å². The first-order valence-electron chi connectivity index (χ1n) is 7.00. The molecule has 0 radical (unpaired) electrons. The summed E-state index contributed by atoms with van der Waals surface area (Å²) in [6.07, 6.45) is 4.58. The highest BCUT2D eigenvalue weighted by molar-refractivity contribution is 7.99. The van der Waals surface area contributed by atoms with E-state index in [9.17, 15) is 13.2 Å². The summed E-state index contributed by atoms with van der Waals surface area (Å²) in [7, 11) is -3.28. The molecule has 0 spiro atoms. The Morgan fingerprint density at radius 1 is 1.36 bits per heavy atom. The topological polar surface area (TPSA) is 79.4 Å². The Hall–Kier alpha value is -1.38. The van der Waals surface area contributed by atoms with Gasteiger partial charge in [0.25, 0.3) is 0 Å². The lowest BCUT2D eigenvalue weighted by Gasteiger charge is -2.25. The van der Waals surface area contributed by atoms with Crippen molar-refractivity contribution in [1.82, 2.24) is 14.6 Å². The summed E-state index contributed by atoms with van der Waals surface area (Å²) in [4.78, 5) is 15.7. The van der Waals surface area contributed by atoms with Crippen LogP contribution in [-0.2, 0) is 14.8 Å². The van der Waals surface area contributed by atoms with Crippen molar-refractivity contribution in [3.05, 3.63) is 36.2 Å². The third-order valence-corrected chi connectivity index (χ3v) is 5.93. The van der Waals surface area contributed by atoms with Gasteiger partial charge in [0.1, 0.15) is 0 Å². The van der Waals surface area contributed by atoms with Crippen LogP contribution in [0.1, 0.15) is 5.69 Å². The van der Waals surface area contributed by atoms with Gasteiger partial charge in [-0.2, -0.15) is 11.8 Å². The lowest BCUT2D eigenvalue weighted by atomic mass is 10.3. The van der Waals surface area contributed by atoms with E-state index in [4.69, 9.17) is 0 Å². The van der Waals surface area contributed by atoms with Crippen molar-refractivity contribution in [3.63, 3.8) is 0 Å². The Kier molecular flexibility index (Phi) is 6.41. The molecule has 0 unspecified atom stereocenters. The van der Waals surface area contributed by atoms with Gasteiger partial charge in [-0.1, -0.05) is 6.07 Å². The first-order chi connectivity index (χ1) is 10.6. The minimum absolute atomic E-state index is 0.0686. The number of nitrogens with one attached hydrogen (secondary N) is 1. The number of rotatable bonds is 6. The van der Waals surface area contributed by atoms with Crippen LogP contribution in [-0.4, -0.2) is 60.5 Å². The SMILES string of the molecule is O=C(C=Cc1ccccn1)NCCS(=O)(=O)N1CCSCC1. The van der Waals surface area contributed by atoms with Gasteiger partial charge in [0, 0.05) is 43.4 Å². The molecule has 6 nitrogen and oxygen atoms in total. The fourth-order valence-electron chi connectivity index (χ4n) is 1.95. The lowest BCUT2D eigenvalue weighted by Crippen LogP contribution is -2.41. The van der Waals surface area contributed by atoms with Crippen LogP contribution in [0.3, 0.4) is 0 Å². The number of aromatic nitrogens is 1. The molecule has 1 aromatic heterocycles. The molecule has 0 aliphatic carbocycles. The predicted octanol–water partition coefficient (Wildman–Crippen LogP) is 0.590. The molecule has 0 bridgehead atoms. The van der Waals surface area contributed by atoms with E-state index in [0.29, 0.717) is 18.8 Å². The van der Waals surface area contributed by atoms with E-state index in [1.807, 2.05) is 6.07 Å². The average Bonchev–Trinajstić information content (AvgIpc) is 2.54. The maximum absolute atomic E-state index is 12.1. The molecule has 8 heteroatoms. The minimum atomic E-state index is -3.28. The Morgan fingerprint density at radius 3 is 2.82 bits per heavy atom. The number of pyridine rings is 1. The van der Waals surface area contributed by atoms with Crippen LogP contribution in [0.5, 0.6) is 0 Å². The van der Waals surface area contributed by atoms with E-state index in [1.54, 1.807) is 36.2 Å². The number of amides is 1. The van der Waals surface area contributed by atoms with Crippen LogP contribution in [0, 0.1) is 0 Å². The summed E-state index contributed by atoms with van der Waals surface area (Å²) < 4.78 is 25.7. The normalized spacial score (nSPS) is 16.7. The van der Waals surface area contributed by atoms with Crippen LogP contribution >= 0.6 is 11.8 Å². The second kappa shape index (κ2) is 8.30. The Bertz CT molecular complexity index is 611. The maximum Gasteiger partial charge on any atom is 0.244 e. The fraction of sp³-hybridized carbons (Fsp3) is 0.429. The zero-order valence-electron chi connectivity index (χ0n) is 12.1. The van der Waals surface area contributed by atoms with E-state index < -0.39 is 10.0 Å². The van der Waals surface area contributed by atoms with Crippen LogP contribution in [0.15, 0.2) is 30.5 Å². The third-order valence-electron chi connectivity index (χ3n) is 3.12. The molecule has 22 heavy (non-hydrogen) atoms. The van der Waals surface area contributed by atoms with Crippen LogP contribution in [0.4, 0.5) is 0 Å². The Labute approximate surface area is 135 Å². The summed E-state index contributed by atoms with van der Waals surface area (Å²) in [5, 5.41) is 2.58. The van der Waals surface area contributed by atoms with Gasteiger partial charge < -0.3 is 5.32 Å². The molecule has 1 fully saturated rings. The number of nitrogens with zero attached hydrogens (tertiary/aromatic N) is 2. The average molecular weight is 341 g/mol. The number of thioether (sulfide) groups is 1. The highest BCUT2D eigenvalue weighted by Gasteiger charge is 2.23. The lowest BCUT2D eigenvalue weighted by molar-refractivity contribution is -0.116. The summed E-state index contributed by atoms with van der Waals surface area (Å²) in [5.41, 5.74) is 0.677. The van der Waals surface area contributed by atoms with Gasteiger partial charge in [0.2, 0.25) is 15.9 Å². The molecule has 0 saturated carbocycles. The predicted molar refractivity (Wildman–Crippen MR) is 89.0 cm³/mol. The molecule has 2 rings (SSSR count). The van der Waals surface area contributed by atoms with Gasteiger partial charge in [0.15, 0.2) is 0 Å². The zero-order valence-corrected chi connectivity index (χ0v) is 13.8. The first kappa shape index (κ1) is 17.0. The molecular weight excluding hydrogens is 322 g/mol. The van der Waals surface area contributed by atoms with Gasteiger partial charge in [-0.15, -0.1) is 0 Å². The molecule has 2 heterocycles. The largest absolute Gasteiger partial charge is 0.351 e. The van der Waals surface area contributed by atoms with E-state index in [-0.39, 0.29) is 18.2 Å². The second-order valence-corrected chi connectivity index (χ2v) is 8.02. The monoisotopic (exact) mass is 341 g/mol. The molecule has 0 atom stereocenters. The smallest absolute Gasteiger partial charge is 0.244 e. The highest BCUT2D eigenvalue weighted by atomic mass is 32.2. The Balaban J connectivity index is 1.75. The maximum atomic E-state index is 12.1. The number of sulfonamides is 1. The van der Waals surface area contributed by atoms with E-state index in [2.05, 4.69) is 10.3 Å². The first-order valence-corrected chi connectivity index (χ1v) is 9.77. The van der Waals surface area contributed by atoms with Crippen molar-refractivity contribution < 1.29 is 13.2 Å². The van der Waals surface area contributed by atoms with Crippen LogP contribution in [0.2, 0.25) is 0 Å². The minimum Gasteiger partial charge on any atom is -0.351 e. The van der Waals surface area contributed by atoms with E-state index in [0.717, 1.165) is 11.5 Å². The van der Waals surface area contributed by atoms with Gasteiger partial charge in [-0.25, -0.2) is 12.7 Å². The van der Waals surface area contributed by atoms with E-state index in [1.165, 1.54) is 10.4 Å². The van der Waals surface area contributed by atoms with Gasteiger partial charge >= 0.3 is 0 Å². The summed E-state index contributed by atoms with van der Waals surface area (Å²) in [6.45, 7) is 1.22. The number of hydrogen-bond acceptors (Lipinski definition) is 5. The summed E-state index contributed by atoms with van der Waals surface area (Å²) >= 11 is 1.76. The number of carbonyl (C=O) groups excluding carboxylic acids is 1. The van der Waals surface area contributed by atoms with Crippen molar-refractivity contribution in [2.45, 2.75) is 0 Å². The van der Waals surface area contributed by atoms with Crippen LogP contribution in [0.25, 0.3) is 6.08 Å². The summed E-state index contributed by atoms with van der Waals surface area (Å²) in [5.74, 6) is 1.27. The summed E-state index contributed by atoms with van der Waals surface area (Å²) in [6, 6.07) is 5.40. The zero-order chi connectivity index (χ0) is 15.8. The van der Waals surface area contributed by atoms with Crippen molar-refractivity contribution in [2.75, 3.05) is 36.9 Å². The van der Waals surface area contributed by atoms with Crippen molar-refractivity contribution in [2.24, 2.45) is 0 Å². The van der Waals surface area contributed by atoms with Gasteiger partial charge in [0.05, 0.1) is 11.4 Å². The quantitative estimate of drug-likeness (QED) is 0.766. The second-order valence-electron chi connectivity index (χ2n) is 4.71. The van der Waals surface area contributed by atoms with Gasteiger partial charge in [-0.05, 0) is 18.2 Å². The molecule has 1 N–H and O–H groups in total. The molecular formula is C14H19N3O3S2. The molecule has 1 amide bonds. The molecule has 1 aliphatic rings. The number of carbonyl (C=O) groups is 1. The highest BCUT2D eigenvalue weighted by Crippen LogP contribution is 2.12. The van der Waals surface area contributed by atoms with Crippen molar-refractivity contribution in [3.8, 4) is 0 Å². The molecule has 1 aromatic rings. The fourth-order valence-corrected chi connectivity index (χ4v) is 4.44. The van der Waals surface area contributed by atoms with Gasteiger partial charge in [-0.3, -0.25) is 9.78 Å². The Morgan fingerprint density at radius 2 is 2.14 bits per heavy atom.